The number of nitro benzene ring substituents is 1. The summed E-state index contributed by atoms with van der Waals surface area (Å²) in [6, 6.07) is 6.18. The van der Waals surface area contributed by atoms with Crippen molar-refractivity contribution in [3.8, 4) is 40.1 Å². The van der Waals surface area contributed by atoms with Crippen molar-refractivity contribution < 1.29 is 24.8 Å². The fraction of sp³-hybridized carbons (Fsp3) is 0. The van der Waals surface area contributed by atoms with E-state index in [9.17, 15) is 25.4 Å². The van der Waals surface area contributed by atoms with Gasteiger partial charge >= 0.3 is 5.69 Å². The van der Waals surface area contributed by atoms with Crippen LogP contribution in [0.5, 0.6) is 17.2 Å². The topological polar surface area (TPSA) is 143 Å². The van der Waals surface area contributed by atoms with Crippen LogP contribution in [0, 0.1) is 10.1 Å². The van der Waals surface area contributed by atoms with E-state index in [1.807, 2.05) is 0 Å². The molecular formula is C14H8ClN3O6. The lowest BCUT2D eigenvalue weighted by Gasteiger charge is -2.01. The van der Waals surface area contributed by atoms with Crippen LogP contribution in [0.25, 0.3) is 22.8 Å². The van der Waals surface area contributed by atoms with Crippen molar-refractivity contribution in [3.63, 3.8) is 0 Å². The monoisotopic (exact) mass is 349 g/mol. The minimum absolute atomic E-state index is 0.0343. The third kappa shape index (κ3) is 2.68. The van der Waals surface area contributed by atoms with E-state index in [0.717, 1.165) is 12.1 Å². The molecule has 3 N–H and O–H groups in total. The average molecular weight is 350 g/mol. The number of nitrogens with zero attached hydrogens (tertiary/aromatic N) is 3. The summed E-state index contributed by atoms with van der Waals surface area (Å²) >= 11 is 6.00. The van der Waals surface area contributed by atoms with Gasteiger partial charge in [-0.2, -0.15) is 4.98 Å². The lowest BCUT2D eigenvalue weighted by Crippen LogP contribution is -1.90. The number of nitro groups is 1. The standard InChI is InChI=1S/C14H8ClN3O6/c15-9-2-1-7(19)5-8(9)13-16-14(24-17-13)6-3-10(18(22)23)12(21)11(20)4-6/h1-5,19-21H. The predicted octanol–water partition coefficient (Wildman–Crippen LogP) is 3.08. The Labute approximate surface area is 138 Å². The minimum Gasteiger partial charge on any atom is -0.508 e. The number of halogens is 1. The first kappa shape index (κ1) is 15.6. The van der Waals surface area contributed by atoms with Crippen molar-refractivity contribution in [2.24, 2.45) is 0 Å². The van der Waals surface area contributed by atoms with Gasteiger partial charge in [0.15, 0.2) is 5.75 Å². The van der Waals surface area contributed by atoms with Gasteiger partial charge in [0, 0.05) is 11.6 Å². The van der Waals surface area contributed by atoms with Crippen LogP contribution in [-0.2, 0) is 0 Å². The Morgan fingerprint density at radius 1 is 1.17 bits per heavy atom. The third-order valence-corrected chi connectivity index (χ3v) is 3.46. The van der Waals surface area contributed by atoms with Gasteiger partial charge in [0.05, 0.1) is 15.5 Å². The summed E-state index contributed by atoms with van der Waals surface area (Å²) in [5.74, 6) is -1.71. The first-order valence-corrected chi connectivity index (χ1v) is 6.78. The molecule has 0 aliphatic heterocycles. The van der Waals surface area contributed by atoms with E-state index in [1.165, 1.54) is 18.2 Å². The van der Waals surface area contributed by atoms with Crippen LogP contribution in [-0.4, -0.2) is 30.4 Å². The molecule has 3 aromatic rings. The number of aromatic hydroxyl groups is 3. The Hall–Kier alpha value is -3.33. The number of hydrogen-bond donors (Lipinski definition) is 3. The van der Waals surface area contributed by atoms with Crippen LogP contribution >= 0.6 is 11.6 Å². The lowest BCUT2D eigenvalue weighted by molar-refractivity contribution is -0.385. The van der Waals surface area contributed by atoms with Crippen molar-refractivity contribution in [2.45, 2.75) is 0 Å². The summed E-state index contributed by atoms with van der Waals surface area (Å²) < 4.78 is 5.01. The van der Waals surface area contributed by atoms with Gasteiger partial charge < -0.3 is 19.8 Å². The molecule has 0 aliphatic rings. The summed E-state index contributed by atoms with van der Waals surface area (Å²) in [7, 11) is 0. The van der Waals surface area contributed by atoms with Crippen LogP contribution < -0.4 is 0 Å². The van der Waals surface area contributed by atoms with Gasteiger partial charge in [-0.3, -0.25) is 10.1 Å². The van der Waals surface area contributed by atoms with Crippen LogP contribution in [0.4, 0.5) is 5.69 Å². The molecule has 9 nitrogen and oxygen atoms in total. The third-order valence-electron chi connectivity index (χ3n) is 3.13. The second-order valence-electron chi connectivity index (χ2n) is 4.71. The summed E-state index contributed by atoms with van der Waals surface area (Å²) in [6.07, 6.45) is 0. The molecule has 0 bridgehead atoms. The molecule has 10 heteroatoms. The van der Waals surface area contributed by atoms with Crippen LogP contribution in [0.1, 0.15) is 0 Å². The Balaban J connectivity index is 2.08. The van der Waals surface area contributed by atoms with Crippen LogP contribution in [0.15, 0.2) is 34.9 Å². The zero-order valence-corrected chi connectivity index (χ0v) is 12.4. The molecule has 0 saturated heterocycles. The first-order chi connectivity index (χ1) is 11.4. The zero-order chi connectivity index (χ0) is 17.4. The highest BCUT2D eigenvalue weighted by Gasteiger charge is 2.22. The first-order valence-electron chi connectivity index (χ1n) is 6.40. The highest BCUT2D eigenvalue weighted by atomic mass is 35.5. The fourth-order valence-corrected chi connectivity index (χ4v) is 2.20. The number of benzene rings is 2. The van der Waals surface area contributed by atoms with Gasteiger partial charge in [-0.05, 0) is 24.3 Å². The Bertz CT molecular complexity index is 956. The highest BCUT2D eigenvalue weighted by molar-refractivity contribution is 6.33. The molecule has 0 atom stereocenters. The lowest BCUT2D eigenvalue weighted by atomic mass is 10.1. The summed E-state index contributed by atoms with van der Waals surface area (Å²) in [5.41, 5.74) is -0.378. The number of hydrogen-bond acceptors (Lipinski definition) is 8. The van der Waals surface area contributed by atoms with Crippen molar-refractivity contribution >= 4 is 17.3 Å². The maximum atomic E-state index is 10.9. The van der Waals surface area contributed by atoms with E-state index >= 15 is 0 Å². The SMILES string of the molecule is O=[N+]([O-])c1cc(-c2nc(-c3cc(O)ccc3Cl)no2)cc(O)c1O. The Morgan fingerprint density at radius 2 is 1.92 bits per heavy atom. The fourth-order valence-electron chi connectivity index (χ4n) is 2.00. The molecule has 24 heavy (non-hydrogen) atoms. The average Bonchev–Trinajstić information content (AvgIpc) is 3.01. The molecule has 0 amide bonds. The van der Waals surface area contributed by atoms with E-state index in [2.05, 4.69) is 10.1 Å². The molecule has 1 aromatic heterocycles. The molecular weight excluding hydrogens is 342 g/mol. The zero-order valence-electron chi connectivity index (χ0n) is 11.7. The Morgan fingerprint density at radius 3 is 2.62 bits per heavy atom. The largest absolute Gasteiger partial charge is 0.508 e. The highest BCUT2D eigenvalue weighted by Crippen LogP contribution is 2.39. The second-order valence-corrected chi connectivity index (χ2v) is 5.11. The van der Waals surface area contributed by atoms with E-state index in [-0.39, 0.29) is 28.1 Å². The maximum absolute atomic E-state index is 10.9. The number of phenolic OH excluding ortho intramolecular Hbond substituents is 3. The van der Waals surface area contributed by atoms with E-state index in [0.29, 0.717) is 5.56 Å². The molecule has 0 unspecified atom stereocenters. The maximum Gasteiger partial charge on any atom is 0.315 e. The van der Waals surface area contributed by atoms with Crippen LogP contribution in [0.3, 0.4) is 0 Å². The normalized spacial score (nSPS) is 10.7. The molecule has 0 saturated carbocycles. The second kappa shape index (κ2) is 5.70. The van der Waals surface area contributed by atoms with Gasteiger partial charge in [0.1, 0.15) is 5.75 Å². The van der Waals surface area contributed by atoms with Gasteiger partial charge in [0.2, 0.25) is 11.6 Å². The molecule has 0 spiro atoms. The van der Waals surface area contributed by atoms with E-state index < -0.39 is 22.1 Å². The molecule has 0 fully saturated rings. The molecule has 3 rings (SSSR count). The minimum atomic E-state index is -0.862. The van der Waals surface area contributed by atoms with E-state index in [1.54, 1.807) is 0 Å². The van der Waals surface area contributed by atoms with Gasteiger partial charge in [-0.1, -0.05) is 16.8 Å². The van der Waals surface area contributed by atoms with Crippen molar-refractivity contribution in [1.82, 2.24) is 10.1 Å². The van der Waals surface area contributed by atoms with Crippen molar-refractivity contribution in [3.05, 3.63) is 45.5 Å². The Kier molecular flexibility index (Phi) is 3.70. The van der Waals surface area contributed by atoms with Gasteiger partial charge in [-0.15, -0.1) is 0 Å². The van der Waals surface area contributed by atoms with Crippen molar-refractivity contribution in [2.75, 3.05) is 0 Å². The number of aromatic nitrogens is 2. The molecule has 1 heterocycles. The van der Waals surface area contributed by atoms with Crippen LogP contribution in [0.2, 0.25) is 5.02 Å². The summed E-state index contributed by atoms with van der Waals surface area (Å²) in [4.78, 5) is 14.1. The van der Waals surface area contributed by atoms with E-state index in [4.69, 9.17) is 16.1 Å². The van der Waals surface area contributed by atoms with Gasteiger partial charge in [0.25, 0.3) is 5.89 Å². The molecule has 2 aromatic carbocycles. The quantitative estimate of drug-likeness (QED) is 0.372. The number of phenols is 3. The smallest absolute Gasteiger partial charge is 0.315 e. The van der Waals surface area contributed by atoms with Gasteiger partial charge in [-0.25, -0.2) is 0 Å². The molecule has 122 valence electrons. The molecule has 0 radical (unpaired) electrons. The number of rotatable bonds is 3. The predicted molar refractivity (Wildman–Crippen MR) is 81.8 cm³/mol. The summed E-state index contributed by atoms with van der Waals surface area (Å²) in [5, 5.41) is 43.4. The summed E-state index contributed by atoms with van der Waals surface area (Å²) in [6.45, 7) is 0. The molecule has 0 aliphatic carbocycles. The van der Waals surface area contributed by atoms with Crippen molar-refractivity contribution in [1.29, 1.82) is 0 Å².